The van der Waals surface area contributed by atoms with E-state index in [9.17, 15) is 0 Å². The smallest absolute Gasteiger partial charge is 0.121 e. The zero-order valence-electron chi connectivity index (χ0n) is 12.8. The van der Waals surface area contributed by atoms with Crippen molar-refractivity contribution in [2.45, 2.75) is 58.4 Å². The number of unbranched alkanes of at least 4 members (excludes halogenated alkanes) is 6. The minimum absolute atomic E-state index is 0.874. The summed E-state index contributed by atoms with van der Waals surface area (Å²) in [5.41, 5.74) is 2.23. The molecule has 0 spiro atoms. The van der Waals surface area contributed by atoms with Gasteiger partial charge in [-0.05, 0) is 18.6 Å². The van der Waals surface area contributed by atoms with Gasteiger partial charge < -0.3 is 9.30 Å². The lowest BCUT2D eigenvalue weighted by Gasteiger charge is -2.05. The van der Waals surface area contributed by atoms with Crippen molar-refractivity contribution in [2.75, 3.05) is 7.11 Å². The van der Waals surface area contributed by atoms with Crippen molar-refractivity contribution in [2.24, 2.45) is 0 Å². The number of hydrogen-bond acceptors (Lipinski definition) is 2. The van der Waals surface area contributed by atoms with E-state index in [1.54, 1.807) is 7.11 Å². The number of aryl methyl sites for hydroxylation is 1. The third kappa shape index (κ3) is 3.99. The Hall–Kier alpha value is -1.51. The molecule has 0 saturated heterocycles. The van der Waals surface area contributed by atoms with Crippen molar-refractivity contribution in [3.05, 3.63) is 24.5 Å². The van der Waals surface area contributed by atoms with E-state index in [1.807, 2.05) is 18.5 Å². The Morgan fingerprint density at radius 1 is 1.05 bits per heavy atom. The van der Waals surface area contributed by atoms with Gasteiger partial charge in [0.2, 0.25) is 0 Å². The molecule has 0 amide bonds. The minimum Gasteiger partial charge on any atom is -0.497 e. The van der Waals surface area contributed by atoms with E-state index in [0.29, 0.717) is 0 Å². The Labute approximate surface area is 122 Å². The molecule has 0 bridgehead atoms. The van der Waals surface area contributed by atoms with Crippen LogP contribution in [-0.4, -0.2) is 16.7 Å². The molecule has 110 valence electrons. The maximum absolute atomic E-state index is 5.23. The lowest BCUT2D eigenvalue weighted by molar-refractivity contribution is 0.415. The van der Waals surface area contributed by atoms with Crippen molar-refractivity contribution >= 4 is 11.0 Å². The standard InChI is InChI=1S/C17H26N2O/c1-3-4-5-6-7-8-9-12-19-14-18-16-13-15(20-2)10-11-17(16)19/h10-11,13-14H,3-9,12H2,1-2H3. The van der Waals surface area contributed by atoms with Gasteiger partial charge in [-0.25, -0.2) is 4.98 Å². The quantitative estimate of drug-likeness (QED) is 0.614. The largest absolute Gasteiger partial charge is 0.497 e. The highest BCUT2D eigenvalue weighted by Gasteiger charge is 2.03. The van der Waals surface area contributed by atoms with Gasteiger partial charge in [-0.1, -0.05) is 45.4 Å². The molecule has 3 heteroatoms. The van der Waals surface area contributed by atoms with Gasteiger partial charge in [0, 0.05) is 12.6 Å². The zero-order valence-corrected chi connectivity index (χ0v) is 12.8. The lowest BCUT2D eigenvalue weighted by atomic mass is 10.1. The SMILES string of the molecule is CCCCCCCCCn1cnc2cc(OC)ccc21. The van der Waals surface area contributed by atoms with Crippen molar-refractivity contribution in [3.8, 4) is 5.75 Å². The van der Waals surface area contributed by atoms with Crippen LogP contribution in [0.2, 0.25) is 0 Å². The lowest BCUT2D eigenvalue weighted by Crippen LogP contribution is -1.96. The molecule has 1 heterocycles. The van der Waals surface area contributed by atoms with Crippen molar-refractivity contribution in [1.82, 2.24) is 9.55 Å². The molecule has 0 aliphatic rings. The Morgan fingerprint density at radius 3 is 2.55 bits per heavy atom. The van der Waals surface area contributed by atoms with Crippen molar-refractivity contribution < 1.29 is 4.74 Å². The van der Waals surface area contributed by atoms with Crippen LogP contribution in [0.15, 0.2) is 24.5 Å². The molecule has 0 unspecified atom stereocenters. The van der Waals surface area contributed by atoms with Crippen LogP contribution < -0.4 is 4.74 Å². The molecule has 1 aromatic carbocycles. The third-order valence-corrected chi connectivity index (χ3v) is 3.83. The molecule has 0 fully saturated rings. The van der Waals surface area contributed by atoms with E-state index in [1.165, 1.54) is 50.5 Å². The number of benzene rings is 1. The maximum atomic E-state index is 5.23. The van der Waals surface area contributed by atoms with Crippen LogP contribution >= 0.6 is 0 Å². The molecule has 0 aliphatic heterocycles. The van der Waals surface area contributed by atoms with E-state index >= 15 is 0 Å². The highest BCUT2D eigenvalue weighted by atomic mass is 16.5. The first-order valence-electron chi connectivity index (χ1n) is 7.84. The summed E-state index contributed by atoms with van der Waals surface area (Å²) < 4.78 is 7.48. The summed E-state index contributed by atoms with van der Waals surface area (Å²) in [6, 6.07) is 6.10. The summed E-state index contributed by atoms with van der Waals surface area (Å²) in [5, 5.41) is 0. The number of aromatic nitrogens is 2. The van der Waals surface area contributed by atoms with Crippen LogP contribution in [0.25, 0.3) is 11.0 Å². The summed E-state index contributed by atoms with van der Waals surface area (Å²) in [5.74, 6) is 0.874. The molecule has 0 atom stereocenters. The van der Waals surface area contributed by atoms with Crippen LogP contribution in [0.1, 0.15) is 51.9 Å². The Kier molecular flexibility index (Phi) is 5.90. The van der Waals surface area contributed by atoms with Crippen molar-refractivity contribution in [1.29, 1.82) is 0 Å². The highest BCUT2D eigenvalue weighted by Crippen LogP contribution is 2.20. The number of methoxy groups -OCH3 is 1. The molecule has 0 radical (unpaired) electrons. The Morgan fingerprint density at radius 2 is 1.80 bits per heavy atom. The van der Waals surface area contributed by atoms with E-state index in [2.05, 4.69) is 22.5 Å². The van der Waals surface area contributed by atoms with Crippen molar-refractivity contribution in [3.63, 3.8) is 0 Å². The molecule has 3 nitrogen and oxygen atoms in total. The predicted molar refractivity (Wildman–Crippen MR) is 84.3 cm³/mol. The van der Waals surface area contributed by atoms with E-state index in [-0.39, 0.29) is 0 Å². The predicted octanol–water partition coefficient (Wildman–Crippen LogP) is 4.80. The summed E-state index contributed by atoms with van der Waals surface area (Å²) in [4.78, 5) is 4.45. The van der Waals surface area contributed by atoms with Crippen LogP contribution in [0.5, 0.6) is 5.75 Å². The van der Waals surface area contributed by atoms with Crippen LogP contribution in [0.3, 0.4) is 0 Å². The minimum atomic E-state index is 0.874. The summed E-state index contributed by atoms with van der Waals surface area (Å²) >= 11 is 0. The molecule has 2 aromatic rings. The maximum Gasteiger partial charge on any atom is 0.121 e. The van der Waals surface area contributed by atoms with Crippen LogP contribution in [0, 0.1) is 0 Å². The number of imidazole rings is 1. The number of fused-ring (bicyclic) bond motifs is 1. The van der Waals surface area contributed by atoms with Gasteiger partial charge in [0.25, 0.3) is 0 Å². The van der Waals surface area contributed by atoms with Crippen LogP contribution in [0.4, 0.5) is 0 Å². The Balaban J connectivity index is 1.79. The number of hydrogen-bond donors (Lipinski definition) is 0. The van der Waals surface area contributed by atoms with Crippen LogP contribution in [-0.2, 0) is 6.54 Å². The fraction of sp³-hybridized carbons (Fsp3) is 0.588. The molecular weight excluding hydrogens is 248 g/mol. The van der Waals surface area contributed by atoms with E-state index in [4.69, 9.17) is 4.74 Å². The average Bonchev–Trinajstić information content (AvgIpc) is 2.88. The number of ether oxygens (including phenoxy) is 1. The van der Waals surface area contributed by atoms with E-state index < -0.39 is 0 Å². The van der Waals surface area contributed by atoms with Gasteiger partial charge >= 0.3 is 0 Å². The molecule has 1 aromatic heterocycles. The van der Waals surface area contributed by atoms with Gasteiger partial charge in [0.05, 0.1) is 24.5 Å². The monoisotopic (exact) mass is 274 g/mol. The first kappa shape index (κ1) is 14.9. The second kappa shape index (κ2) is 7.93. The topological polar surface area (TPSA) is 27.1 Å². The third-order valence-electron chi connectivity index (χ3n) is 3.83. The molecule has 20 heavy (non-hydrogen) atoms. The summed E-state index contributed by atoms with van der Waals surface area (Å²) in [6.45, 7) is 3.33. The normalized spacial score (nSPS) is 11.1. The van der Waals surface area contributed by atoms with Gasteiger partial charge in [-0.2, -0.15) is 0 Å². The molecular formula is C17H26N2O. The second-order valence-corrected chi connectivity index (χ2v) is 5.41. The molecule has 2 rings (SSSR count). The molecule has 0 aliphatic carbocycles. The first-order chi connectivity index (χ1) is 9.85. The number of nitrogens with zero attached hydrogens (tertiary/aromatic N) is 2. The average molecular weight is 274 g/mol. The first-order valence-corrected chi connectivity index (χ1v) is 7.84. The number of rotatable bonds is 9. The summed E-state index contributed by atoms with van der Waals surface area (Å²) in [7, 11) is 1.69. The molecule has 0 saturated carbocycles. The fourth-order valence-corrected chi connectivity index (χ4v) is 2.59. The molecule has 0 N–H and O–H groups in total. The fourth-order valence-electron chi connectivity index (χ4n) is 2.59. The van der Waals surface area contributed by atoms with E-state index in [0.717, 1.165) is 17.8 Å². The van der Waals surface area contributed by atoms with Gasteiger partial charge in [0.1, 0.15) is 5.75 Å². The van der Waals surface area contributed by atoms with Gasteiger partial charge in [-0.3, -0.25) is 0 Å². The van der Waals surface area contributed by atoms with Gasteiger partial charge in [-0.15, -0.1) is 0 Å². The van der Waals surface area contributed by atoms with Gasteiger partial charge in [0.15, 0.2) is 0 Å². The zero-order chi connectivity index (χ0) is 14.2. The highest BCUT2D eigenvalue weighted by molar-refractivity contribution is 5.76. The second-order valence-electron chi connectivity index (χ2n) is 5.41. The Bertz CT molecular complexity index is 519. The summed E-state index contributed by atoms with van der Waals surface area (Å²) in [6.07, 6.45) is 11.4.